The van der Waals surface area contributed by atoms with Crippen molar-refractivity contribution in [3.05, 3.63) is 35.9 Å². The predicted octanol–water partition coefficient (Wildman–Crippen LogP) is -0.310. The van der Waals surface area contributed by atoms with E-state index in [2.05, 4.69) is 41.2 Å². The van der Waals surface area contributed by atoms with E-state index in [0.29, 0.717) is 64.4 Å². The summed E-state index contributed by atoms with van der Waals surface area (Å²) >= 11 is 0. The van der Waals surface area contributed by atoms with Crippen LogP contribution in [-0.4, -0.2) is 109 Å². The van der Waals surface area contributed by atoms with Gasteiger partial charge in [-0.15, -0.1) is 6.42 Å². The molecule has 1 fully saturated rings. The second-order valence-electron chi connectivity index (χ2n) is 8.40. The number of aromatic carboxylic acids is 1. The van der Waals surface area contributed by atoms with Crippen molar-refractivity contribution in [2.75, 3.05) is 75.6 Å². The van der Waals surface area contributed by atoms with Crippen molar-refractivity contribution in [3.8, 4) is 12.3 Å². The van der Waals surface area contributed by atoms with Gasteiger partial charge in [0.25, 0.3) is 0 Å². The molecule has 1 aliphatic heterocycles. The first-order chi connectivity index (χ1) is 19.5. The number of piperazine rings is 1. The summed E-state index contributed by atoms with van der Waals surface area (Å²) < 4.78 is 15.3. The Morgan fingerprint density at radius 1 is 0.875 bits per heavy atom. The zero-order valence-corrected chi connectivity index (χ0v) is 22.0. The Bertz CT molecular complexity index is 1130. The van der Waals surface area contributed by atoms with Crippen LogP contribution >= 0.6 is 0 Å². The Balaban J connectivity index is 1.24. The second-order valence-corrected chi connectivity index (χ2v) is 8.40. The van der Waals surface area contributed by atoms with Crippen molar-refractivity contribution in [2.45, 2.75) is 13.0 Å². The summed E-state index contributed by atoms with van der Waals surface area (Å²) in [5, 5.41) is 14.3. The van der Waals surface area contributed by atoms with Gasteiger partial charge in [-0.3, -0.25) is 4.79 Å². The number of hydrogen-bond donors (Lipinski definition) is 3. The van der Waals surface area contributed by atoms with Gasteiger partial charge >= 0.3 is 12.1 Å². The van der Waals surface area contributed by atoms with Crippen LogP contribution in [0.3, 0.4) is 0 Å². The van der Waals surface area contributed by atoms with Crippen LogP contribution in [-0.2, 0) is 25.5 Å². The average molecular weight is 557 g/mol. The number of carbonyl (C=O) groups is 3. The molecule has 0 saturated carbocycles. The molecule has 40 heavy (non-hydrogen) atoms. The molecule has 0 radical (unpaired) electrons. The maximum Gasteiger partial charge on any atom is 0.408 e. The van der Waals surface area contributed by atoms with Crippen molar-refractivity contribution < 1.29 is 33.7 Å². The third-order valence-electron chi connectivity index (χ3n) is 5.56. The monoisotopic (exact) mass is 556 g/mol. The maximum absolute atomic E-state index is 12.1. The molecule has 214 valence electrons. The summed E-state index contributed by atoms with van der Waals surface area (Å²) in [7, 11) is 0. The summed E-state index contributed by atoms with van der Waals surface area (Å²) in [6.45, 7) is 4.30. The van der Waals surface area contributed by atoms with E-state index in [1.54, 1.807) is 12.4 Å². The standard InChI is InChI=1S/C25H32N8O7/c1-2-9-40-25(37)26-4-11-39-13-12-38-10-3-21(34)27-14-19-15-28-23(29-16-19)32-5-7-33(8-6-32)24-30-17-20(18-31-24)22(35)36/h1,15-18H,3-14H2,(H,26,37)(H,27,34)(H,35,36). The fourth-order valence-corrected chi connectivity index (χ4v) is 3.46. The molecule has 0 bridgehead atoms. The van der Waals surface area contributed by atoms with Crippen LogP contribution in [0.5, 0.6) is 0 Å². The Kier molecular flexibility index (Phi) is 12.3. The molecule has 2 aromatic heterocycles. The molecular formula is C25H32N8O7. The molecule has 15 nitrogen and oxygen atoms in total. The fourth-order valence-electron chi connectivity index (χ4n) is 3.46. The zero-order chi connectivity index (χ0) is 28.6. The highest BCUT2D eigenvalue weighted by molar-refractivity contribution is 5.86. The normalized spacial score (nSPS) is 12.9. The van der Waals surface area contributed by atoms with E-state index < -0.39 is 12.1 Å². The second kappa shape index (κ2) is 16.4. The number of nitrogens with zero attached hydrogens (tertiary/aromatic N) is 6. The molecule has 3 heterocycles. The molecule has 0 spiro atoms. The van der Waals surface area contributed by atoms with E-state index in [-0.39, 0.29) is 37.6 Å². The van der Waals surface area contributed by atoms with Crippen molar-refractivity contribution in [3.63, 3.8) is 0 Å². The van der Waals surface area contributed by atoms with Gasteiger partial charge in [-0.2, -0.15) is 0 Å². The van der Waals surface area contributed by atoms with E-state index in [1.807, 2.05) is 9.80 Å². The van der Waals surface area contributed by atoms with Gasteiger partial charge in [0.1, 0.15) is 0 Å². The Morgan fingerprint density at radius 2 is 1.45 bits per heavy atom. The van der Waals surface area contributed by atoms with E-state index in [4.69, 9.17) is 21.0 Å². The fraction of sp³-hybridized carbons (Fsp3) is 0.480. The van der Waals surface area contributed by atoms with Gasteiger partial charge in [0.2, 0.25) is 17.8 Å². The van der Waals surface area contributed by atoms with Crippen molar-refractivity contribution in [2.24, 2.45) is 0 Å². The molecule has 3 N–H and O–H groups in total. The van der Waals surface area contributed by atoms with Gasteiger partial charge in [-0.25, -0.2) is 29.5 Å². The first-order valence-electron chi connectivity index (χ1n) is 12.6. The van der Waals surface area contributed by atoms with Gasteiger partial charge in [0, 0.05) is 76.0 Å². The van der Waals surface area contributed by atoms with Crippen LogP contribution in [0, 0.1) is 12.3 Å². The average Bonchev–Trinajstić information content (AvgIpc) is 2.98. The Hall–Kier alpha value is -4.55. The van der Waals surface area contributed by atoms with Gasteiger partial charge in [-0.1, -0.05) is 5.92 Å². The lowest BCUT2D eigenvalue weighted by molar-refractivity contribution is -0.122. The molecule has 15 heteroatoms. The third kappa shape index (κ3) is 10.3. The minimum Gasteiger partial charge on any atom is -0.478 e. The van der Waals surface area contributed by atoms with Crippen LogP contribution < -0.4 is 20.4 Å². The molecule has 1 saturated heterocycles. The molecular weight excluding hydrogens is 524 g/mol. The number of hydrogen-bond acceptors (Lipinski definition) is 12. The summed E-state index contributed by atoms with van der Waals surface area (Å²) in [4.78, 5) is 55.3. The Labute approximate surface area is 231 Å². The van der Waals surface area contributed by atoms with Gasteiger partial charge in [-0.05, 0) is 0 Å². The van der Waals surface area contributed by atoms with Crippen LogP contribution in [0.1, 0.15) is 22.3 Å². The van der Waals surface area contributed by atoms with Crippen molar-refractivity contribution in [1.82, 2.24) is 30.6 Å². The number of rotatable bonds is 15. The summed E-state index contributed by atoms with van der Waals surface area (Å²) in [5.74, 6) is 2.05. The molecule has 3 rings (SSSR count). The summed E-state index contributed by atoms with van der Waals surface area (Å²) in [6, 6.07) is 0. The molecule has 0 aliphatic carbocycles. The number of anilines is 2. The highest BCUT2D eigenvalue weighted by atomic mass is 16.5. The molecule has 0 atom stereocenters. The van der Waals surface area contributed by atoms with Gasteiger partial charge in [0.05, 0.1) is 32.0 Å². The Morgan fingerprint density at radius 3 is 2.02 bits per heavy atom. The largest absolute Gasteiger partial charge is 0.478 e. The lowest BCUT2D eigenvalue weighted by atomic mass is 10.3. The number of terminal acetylenes is 1. The molecule has 1 aliphatic rings. The summed E-state index contributed by atoms with van der Waals surface area (Å²) in [6.07, 6.45) is 10.6. The SMILES string of the molecule is C#CCOC(=O)NCCOCCOCCC(=O)NCc1cnc(N2CCN(c3ncc(C(=O)O)cn3)CC2)nc1. The van der Waals surface area contributed by atoms with E-state index in [9.17, 15) is 14.4 Å². The number of carboxylic acids is 1. The summed E-state index contributed by atoms with van der Waals surface area (Å²) in [5.41, 5.74) is 0.820. The van der Waals surface area contributed by atoms with Crippen LogP contribution in [0.15, 0.2) is 24.8 Å². The van der Waals surface area contributed by atoms with Crippen LogP contribution in [0.4, 0.5) is 16.7 Å². The number of alkyl carbamates (subject to hydrolysis) is 1. The van der Waals surface area contributed by atoms with Gasteiger partial charge < -0.3 is 39.8 Å². The van der Waals surface area contributed by atoms with Crippen LogP contribution in [0.2, 0.25) is 0 Å². The minimum atomic E-state index is -1.06. The highest BCUT2D eigenvalue weighted by Crippen LogP contribution is 2.15. The first kappa shape index (κ1) is 30.0. The smallest absolute Gasteiger partial charge is 0.408 e. The lowest BCUT2D eigenvalue weighted by Gasteiger charge is -2.34. The van der Waals surface area contributed by atoms with Crippen molar-refractivity contribution >= 4 is 29.9 Å². The number of carbonyl (C=O) groups excluding carboxylic acids is 2. The quantitative estimate of drug-likeness (QED) is 0.192. The number of aromatic nitrogens is 4. The minimum absolute atomic E-state index is 0.0482. The lowest BCUT2D eigenvalue weighted by Crippen LogP contribution is -2.47. The highest BCUT2D eigenvalue weighted by Gasteiger charge is 2.21. The number of ether oxygens (including phenoxy) is 3. The van der Waals surface area contributed by atoms with E-state index in [1.165, 1.54) is 12.4 Å². The molecule has 0 aromatic carbocycles. The number of carboxylic acid groups (broad SMARTS) is 1. The molecule has 0 unspecified atom stereocenters. The van der Waals surface area contributed by atoms with E-state index in [0.717, 1.165) is 5.56 Å². The van der Waals surface area contributed by atoms with E-state index >= 15 is 0 Å². The number of amides is 2. The van der Waals surface area contributed by atoms with Crippen LogP contribution in [0.25, 0.3) is 0 Å². The van der Waals surface area contributed by atoms with Crippen molar-refractivity contribution in [1.29, 1.82) is 0 Å². The van der Waals surface area contributed by atoms with Gasteiger partial charge in [0.15, 0.2) is 6.61 Å². The number of nitrogens with one attached hydrogen (secondary N) is 2. The topological polar surface area (TPSA) is 181 Å². The first-order valence-corrected chi connectivity index (χ1v) is 12.6. The third-order valence-corrected chi connectivity index (χ3v) is 5.56. The zero-order valence-electron chi connectivity index (χ0n) is 22.0. The molecule has 2 amide bonds. The maximum atomic E-state index is 12.1. The predicted molar refractivity (Wildman–Crippen MR) is 142 cm³/mol. The molecule has 2 aromatic rings.